The molecule has 0 bridgehead atoms. The summed E-state index contributed by atoms with van der Waals surface area (Å²) in [5.74, 6) is -1.08. The van der Waals surface area contributed by atoms with E-state index < -0.39 is 12.1 Å². The summed E-state index contributed by atoms with van der Waals surface area (Å²) in [4.78, 5) is 28.2. The van der Waals surface area contributed by atoms with Gasteiger partial charge in [0.05, 0.1) is 23.6 Å². The van der Waals surface area contributed by atoms with Crippen LogP contribution in [0.15, 0.2) is 28.7 Å². The number of nitrogens with one attached hydrogen (secondary N) is 1. The highest BCUT2D eigenvalue weighted by molar-refractivity contribution is 9.10. The molecule has 0 saturated carbocycles. The molecule has 116 valence electrons. The fourth-order valence-corrected chi connectivity index (χ4v) is 3.25. The number of nitrogens with zero attached hydrogens (tertiary/aromatic N) is 1. The molecule has 3 rings (SSSR count). The van der Waals surface area contributed by atoms with Crippen LogP contribution in [0.1, 0.15) is 16.9 Å². The highest BCUT2D eigenvalue weighted by Crippen LogP contribution is 2.29. The summed E-state index contributed by atoms with van der Waals surface area (Å²) in [7, 11) is 0. The molecule has 2 aromatic rings. The van der Waals surface area contributed by atoms with Crippen LogP contribution in [0.3, 0.4) is 0 Å². The number of morpholine rings is 1. The lowest BCUT2D eigenvalue weighted by molar-refractivity contribution is -0.141. The lowest BCUT2D eigenvalue weighted by atomic mass is 10.2. The molecule has 1 aliphatic rings. The number of rotatable bonds is 3. The molecule has 7 heteroatoms. The molecule has 1 fully saturated rings. The van der Waals surface area contributed by atoms with Crippen molar-refractivity contribution < 1.29 is 19.4 Å². The third kappa shape index (κ3) is 2.86. The largest absolute Gasteiger partial charge is 0.481 e. The van der Waals surface area contributed by atoms with E-state index in [-0.39, 0.29) is 18.9 Å². The van der Waals surface area contributed by atoms with Gasteiger partial charge >= 0.3 is 5.97 Å². The Kier molecular flexibility index (Phi) is 4.17. The van der Waals surface area contributed by atoms with Crippen molar-refractivity contribution in [2.45, 2.75) is 12.5 Å². The fraction of sp³-hybridized carbons (Fsp3) is 0.333. The van der Waals surface area contributed by atoms with E-state index in [1.54, 1.807) is 4.90 Å². The molecule has 22 heavy (non-hydrogen) atoms. The smallest absolute Gasteiger partial charge is 0.306 e. The standard InChI is InChI=1S/C15H15BrN2O4/c16-13-10-3-1-2-4-11(10)17-14(13)15(21)18-5-6-22-9(8-18)7-12(19)20/h1-4,9,17H,5-8H2,(H,19,20)/t9-/m1/s1. The number of carbonyl (C=O) groups excluding carboxylic acids is 1. The fourth-order valence-electron chi connectivity index (χ4n) is 2.64. The van der Waals surface area contributed by atoms with Crippen molar-refractivity contribution in [3.05, 3.63) is 34.4 Å². The lowest BCUT2D eigenvalue weighted by Crippen LogP contribution is -2.46. The van der Waals surface area contributed by atoms with Crippen molar-refractivity contribution in [2.75, 3.05) is 19.7 Å². The Hall–Kier alpha value is -1.86. The number of fused-ring (bicyclic) bond motifs is 1. The Labute approximate surface area is 135 Å². The molecule has 1 amide bonds. The summed E-state index contributed by atoms with van der Waals surface area (Å²) in [5.41, 5.74) is 1.37. The minimum Gasteiger partial charge on any atom is -0.481 e. The average Bonchev–Trinajstić information content (AvgIpc) is 2.84. The quantitative estimate of drug-likeness (QED) is 0.872. The average molecular weight is 367 g/mol. The summed E-state index contributed by atoms with van der Waals surface area (Å²) in [6.45, 7) is 1.09. The molecular weight excluding hydrogens is 352 g/mol. The van der Waals surface area contributed by atoms with Gasteiger partial charge in [0.25, 0.3) is 5.91 Å². The first-order valence-electron chi connectivity index (χ1n) is 6.95. The van der Waals surface area contributed by atoms with Gasteiger partial charge in [-0.2, -0.15) is 0 Å². The van der Waals surface area contributed by atoms with E-state index in [1.807, 2.05) is 24.3 Å². The maximum absolute atomic E-state index is 12.7. The maximum atomic E-state index is 12.7. The Bertz CT molecular complexity index is 727. The first-order valence-corrected chi connectivity index (χ1v) is 7.74. The number of carboxylic acid groups (broad SMARTS) is 1. The zero-order chi connectivity index (χ0) is 15.7. The molecule has 1 aliphatic heterocycles. The van der Waals surface area contributed by atoms with E-state index in [0.29, 0.717) is 18.8 Å². The molecule has 1 saturated heterocycles. The van der Waals surface area contributed by atoms with E-state index in [4.69, 9.17) is 9.84 Å². The van der Waals surface area contributed by atoms with E-state index in [0.717, 1.165) is 15.4 Å². The van der Waals surface area contributed by atoms with Crippen molar-refractivity contribution in [1.82, 2.24) is 9.88 Å². The molecule has 0 radical (unpaired) electrons. The number of hydrogen-bond donors (Lipinski definition) is 2. The summed E-state index contributed by atoms with van der Waals surface area (Å²) in [5, 5.41) is 9.80. The number of aromatic amines is 1. The Balaban J connectivity index is 1.83. The van der Waals surface area contributed by atoms with Crippen molar-refractivity contribution in [3.63, 3.8) is 0 Å². The topological polar surface area (TPSA) is 82.6 Å². The number of aromatic nitrogens is 1. The second-order valence-corrected chi connectivity index (χ2v) is 5.99. The number of benzene rings is 1. The van der Waals surface area contributed by atoms with Crippen LogP contribution in [0, 0.1) is 0 Å². The zero-order valence-corrected chi connectivity index (χ0v) is 13.3. The SMILES string of the molecule is O=C(O)C[C@@H]1CN(C(=O)c2[nH]c3ccccc3c2Br)CCO1. The molecule has 0 spiro atoms. The van der Waals surface area contributed by atoms with Gasteiger partial charge in [-0.05, 0) is 22.0 Å². The Morgan fingerprint density at radius 3 is 2.91 bits per heavy atom. The van der Waals surface area contributed by atoms with E-state index >= 15 is 0 Å². The van der Waals surface area contributed by atoms with Crippen LogP contribution in [0.2, 0.25) is 0 Å². The second-order valence-electron chi connectivity index (χ2n) is 5.20. The van der Waals surface area contributed by atoms with E-state index in [1.165, 1.54) is 0 Å². The number of hydrogen-bond acceptors (Lipinski definition) is 3. The van der Waals surface area contributed by atoms with Crippen LogP contribution in [-0.2, 0) is 9.53 Å². The van der Waals surface area contributed by atoms with Crippen molar-refractivity contribution >= 4 is 38.7 Å². The monoisotopic (exact) mass is 366 g/mol. The molecule has 1 aromatic carbocycles. The van der Waals surface area contributed by atoms with Gasteiger partial charge in [0.2, 0.25) is 0 Å². The number of H-pyrrole nitrogens is 1. The van der Waals surface area contributed by atoms with Gasteiger partial charge < -0.3 is 19.7 Å². The van der Waals surface area contributed by atoms with Crippen LogP contribution >= 0.6 is 15.9 Å². The van der Waals surface area contributed by atoms with Gasteiger partial charge in [-0.3, -0.25) is 9.59 Å². The first kappa shape index (κ1) is 15.1. The molecular formula is C15H15BrN2O4. The number of carboxylic acids is 1. The number of amides is 1. The Morgan fingerprint density at radius 2 is 2.18 bits per heavy atom. The number of halogens is 1. The first-order chi connectivity index (χ1) is 10.6. The predicted octanol–water partition coefficient (Wildman–Crippen LogP) is 2.25. The van der Waals surface area contributed by atoms with Gasteiger partial charge in [-0.15, -0.1) is 0 Å². The third-order valence-electron chi connectivity index (χ3n) is 3.68. The zero-order valence-electron chi connectivity index (χ0n) is 11.7. The van der Waals surface area contributed by atoms with Crippen LogP contribution in [-0.4, -0.2) is 52.7 Å². The van der Waals surface area contributed by atoms with Gasteiger partial charge in [-0.1, -0.05) is 18.2 Å². The van der Waals surface area contributed by atoms with Crippen LogP contribution < -0.4 is 0 Å². The molecule has 2 N–H and O–H groups in total. The molecule has 1 atom stereocenters. The third-order valence-corrected chi connectivity index (χ3v) is 4.51. The van der Waals surface area contributed by atoms with Gasteiger partial charge in [0.1, 0.15) is 5.69 Å². The normalized spacial score (nSPS) is 18.6. The number of ether oxygens (including phenoxy) is 1. The highest BCUT2D eigenvalue weighted by Gasteiger charge is 2.28. The summed E-state index contributed by atoms with van der Waals surface area (Å²) >= 11 is 3.47. The van der Waals surface area contributed by atoms with Gasteiger partial charge in [0.15, 0.2) is 0 Å². The number of para-hydroxylation sites is 1. The van der Waals surface area contributed by atoms with Crippen molar-refractivity contribution in [1.29, 1.82) is 0 Å². The summed E-state index contributed by atoms with van der Waals surface area (Å²) in [6, 6.07) is 7.65. The second kappa shape index (κ2) is 6.10. The minimum atomic E-state index is -0.925. The molecule has 6 nitrogen and oxygen atoms in total. The lowest BCUT2D eigenvalue weighted by Gasteiger charge is -2.32. The molecule has 0 unspecified atom stereocenters. The molecule has 2 heterocycles. The summed E-state index contributed by atoms with van der Waals surface area (Å²) in [6.07, 6.45) is -0.559. The van der Waals surface area contributed by atoms with Crippen molar-refractivity contribution in [3.8, 4) is 0 Å². The Morgan fingerprint density at radius 1 is 1.41 bits per heavy atom. The molecule has 0 aliphatic carbocycles. The van der Waals surface area contributed by atoms with E-state index in [9.17, 15) is 9.59 Å². The van der Waals surface area contributed by atoms with Crippen LogP contribution in [0.4, 0.5) is 0 Å². The molecule has 1 aromatic heterocycles. The number of aliphatic carboxylic acids is 1. The van der Waals surface area contributed by atoms with Gasteiger partial charge in [-0.25, -0.2) is 0 Å². The minimum absolute atomic E-state index is 0.0996. The van der Waals surface area contributed by atoms with Gasteiger partial charge in [0, 0.05) is 24.0 Å². The highest BCUT2D eigenvalue weighted by atomic mass is 79.9. The van der Waals surface area contributed by atoms with E-state index in [2.05, 4.69) is 20.9 Å². The number of carbonyl (C=O) groups is 2. The summed E-state index contributed by atoms with van der Waals surface area (Å²) < 4.78 is 6.13. The maximum Gasteiger partial charge on any atom is 0.306 e. The van der Waals surface area contributed by atoms with Crippen LogP contribution in [0.25, 0.3) is 10.9 Å². The van der Waals surface area contributed by atoms with Crippen LogP contribution in [0.5, 0.6) is 0 Å². The van der Waals surface area contributed by atoms with Crippen molar-refractivity contribution in [2.24, 2.45) is 0 Å². The predicted molar refractivity (Wildman–Crippen MR) is 83.9 cm³/mol.